The van der Waals surface area contributed by atoms with Gasteiger partial charge in [0.25, 0.3) is 0 Å². The van der Waals surface area contributed by atoms with Crippen molar-refractivity contribution in [3.05, 3.63) is 0 Å². The molecule has 6 nitrogen and oxygen atoms in total. The zero-order valence-corrected chi connectivity index (χ0v) is 9.81. The Morgan fingerprint density at radius 2 is 1.07 bits per heavy atom. The SMILES string of the molecule is COC.COCCO.OCCOCCO. The summed E-state index contributed by atoms with van der Waals surface area (Å²) in [5.41, 5.74) is 0. The molecule has 0 saturated heterocycles. The van der Waals surface area contributed by atoms with Crippen molar-refractivity contribution in [2.24, 2.45) is 0 Å². The van der Waals surface area contributed by atoms with Gasteiger partial charge in [-0.1, -0.05) is 0 Å². The summed E-state index contributed by atoms with van der Waals surface area (Å²) in [4.78, 5) is 0. The number of methoxy groups -OCH3 is 2. The lowest BCUT2D eigenvalue weighted by Crippen LogP contribution is -2.03. The molecule has 0 aromatic carbocycles. The van der Waals surface area contributed by atoms with E-state index in [2.05, 4.69) is 14.2 Å². The molecule has 15 heavy (non-hydrogen) atoms. The number of aliphatic hydroxyl groups is 3. The molecule has 0 aliphatic carbocycles. The highest BCUT2D eigenvalue weighted by atomic mass is 16.5. The fourth-order valence-corrected chi connectivity index (χ4v) is 0.322. The van der Waals surface area contributed by atoms with Crippen LogP contribution < -0.4 is 0 Å². The van der Waals surface area contributed by atoms with Gasteiger partial charge >= 0.3 is 0 Å². The highest BCUT2D eigenvalue weighted by Crippen LogP contribution is 1.68. The average molecular weight is 228 g/mol. The number of hydrogen-bond acceptors (Lipinski definition) is 6. The van der Waals surface area contributed by atoms with Crippen LogP contribution in [0.1, 0.15) is 0 Å². The predicted molar refractivity (Wildman–Crippen MR) is 56.9 cm³/mol. The Balaban J connectivity index is -0.000000158. The maximum Gasteiger partial charge on any atom is 0.0698 e. The second kappa shape index (κ2) is 29.2. The second-order valence-corrected chi connectivity index (χ2v) is 2.18. The van der Waals surface area contributed by atoms with Gasteiger partial charge in [-0.3, -0.25) is 0 Å². The van der Waals surface area contributed by atoms with E-state index in [0.717, 1.165) is 0 Å². The van der Waals surface area contributed by atoms with Crippen LogP contribution in [0.4, 0.5) is 0 Å². The van der Waals surface area contributed by atoms with Gasteiger partial charge in [-0.25, -0.2) is 0 Å². The van der Waals surface area contributed by atoms with Gasteiger partial charge in [0.15, 0.2) is 0 Å². The van der Waals surface area contributed by atoms with E-state index in [4.69, 9.17) is 15.3 Å². The fourth-order valence-electron chi connectivity index (χ4n) is 0.322. The summed E-state index contributed by atoms with van der Waals surface area (Å²) >= 11 is 0. The van der Waals surface area contributed by atoms with Gasteiger partial charge in [0.05, 0.1) is 39.6 Å². The Morgan fingerprint density at radius 1 is 0.733 bits per heavy atom. The molecule has 6 heteroatoms. The normalized spacial score (nSPS) is 8.40. The first-order valence-corrected chi connectivity index (χ1v) is 4.54. The van der Waals surface area contributed by atoms with Crippen molar-refractivity contribution in [1.29, 1.82) is 0 Å². The van der Waals surface area contributed by atoms with Crippen LogP contribution >= 0.6 is 0 Å². The van der Waals surface area contributed by atoms with E-state index in [-0.39, 0.29) is 19.8 Å². The molecular formula is C9H24O6. The third kappa shape index (κ3) is 57.4. The average Bonchev–Trinajstić information content (AvgIpc) is 2.22. The molecule has 0 fully saturated rings. The van der Waals surface area contributed by atoms with Crippen molar-refractivity contribution in [3.8, 4) is 0 Å². The van der Waals surface area contributed by atoms with E-state index in [1.54, 1.807) is 21.3 Å². The molecule has 0 saturated carbocycles. The van der Waals surface area contributed by atoms with Crippen molar-refractivity contribution in [2.45, 2.75) is 0 Å². The molecule has 0 aromatic heterocycles. The van der Waals surface area contributed by atoms with Gasteiger partial charge in [-0.05, 0) is 0 Å². The van der Waals surface area contributed by atoms with E-state index in [9.17, 15) is 0 Å². The Labute approximate surface area is 91.4 Å². The van der Waals surface area contributed by atoms with Crippen molar-refractivity contribution in [2.75, 3.05) is 61.0 Å². The zero-order valence-electron chi connectivity index (χ0n) is 9.81. The monoisotopic (exact) mass is 228 g/mol. The van der Waals surface area contributed by atoms with E-state index in [1.807, 2.05) is 0 Å². The maximum absolute atomic E-state index is 8.09. The molecule has 0 bridgehead atoms. The van der Waals surface area contributed by atoms with Crippen LogP contribution in [-0.2, 0) is 14.2 Å². The lowest BCUT2D eigenvalue weighted by molar-refractivity contribution is 0.0650. The third-order valence-corrected chi connectivity index (χ3v) is 0.767. The van der Waals surface area contributed by atoms with Crippen molar-refractivity contribution in [1.82, 2.24) is 0 Å². The van der Waals surface area contributed by atoms with Gasteiger partial charge in [0.2, 0.25) is 0 Å². The topological polar surface area (TPSA) is 88.4 Å². The molecule has 0 aromatic rings. The molecule has 0 aliphatic rings. The molecule has 0 radical (unpaired) electrons. The summed E-state index contributed by atoms with van der Waals surface area (Å²) < 4.78 is 13.3. The summed E-state index contributed by atoms with van der Waals surface area (Å²) in [6.45, 7) is 1.26. The summed E-state index contributed by atoms with van der Waals surface area (Å²) in [7, 11) is 4.80. The highest BCUT2D eigenvalue weighted by Gasteiger charge is 1.79. The molecule has 3 N–H and O–H groups in total. The standard InChI is InChI=1S/C4H10O3.C3H8O2.C2H6O/c5-1-3-7-4-2-6;1-5-3-2-4;1-3-2/h5-6H,1-4H2;4H,2-3H2,1H3;1-2H3. The van der Waals surface area contributed by atoms with Crippen LogP contribution in [0.25, 0.3) is 0 Å². The van der Waals surface area contributed by atoms with Gasteiger partial charge in [-0.2, -0.15) is 0 Å². The molecule has 0 spiro atoms. The Hall–Kier alpha value is -0.240. The first-order chi connectivity index (χ1) is 7.24. The predicted octanol–water partition coefficient (Wildman–Crippen LogP) is -1.12. The molecule has 0 unspecified atom stereocenters. The highest BCUT2D eigenvalue weighted by molar-refractivity contribution is 4.24. The quantitative estimate of drug-likeness (QED) is 0.499. The minimum atomic E-state index is 0.0278. The zero-order chi connectivity index (χ0) is 12.4. The smallest absolute Gasteiger partial charge is 0.0698 e. The van der Waals surface area contributed by atoms with E-state index >= 15 is 0 Å². The first kappa shape index (κ1) is 20.2. The summed E-state index contributed by atoms with van der Waals surface area (Å²) in [5, 5.41) is 24.1. The molecule has 0 aliphatic heterocycles. The molecule has 0 amide bonds. The first-order valence-electron chi connectivity index (χ1n) is 4.54. The summed E-state index contributed by atoms with van der Waals surface area (Å²) in [6.07, 6.45) is 0. The lowest BCUT2D eigenvalue weighted by atomic mass is 10.7. The van der Waals surface area contributed by atoms with Crippen LogP contribution in [0.3, 0.4) is 0 Å². The van der Waals surface area contributed by atoms with E-state index in [1.165, 1.54) is 0 Å². The summed E-state index contributed by atoms with van der Waals surface area (Å²) in [6, 6.07) is 0. The van der Waals surface area contributed by atoms with Crippen LogP contribution in [0.5, 0.6) is 0 Å². The Kier molecular flexibility index (Phi) is 39.3. The van der Waals surface area contributed by atoms with Gasteiger partial charge in [0, 0.05) is 21.3 Å². The number of ether oxygens (including phenoxy) is 3. The van der Waals surface area contributed by atoms with Crippen LogP contribution in [0, 0.1) is 0 Å². The van der Waals surface area contributed by atoms with E-state index in [0.29, 0.717) is 19.8 Å². The minimum absolute atomic E-state index is 0.0278. The minimum Gasteiger partial charge on any atom is -0.394 e. The number of aliphatic hydroxyl groups excluding tert-OH is 3. The second-order valence-electron chi connectivity index (χ2n) is 2.18. The third-order valence-electron chi connectivity index (χ3n) is 0.767. The molecular weight excluding hydrogens is 204 g/mol. The maximum atomic E-state index is 8.09. The van der Waals surface area contributed by atoms with Gasteiger partial charge in [0.1, 0.15) is 0 Å². The lowest BCUT2D eigenvalue weighted by Gasteiger charge is -1.94. The van der Waals surface area contributed by atoms with Gasteiger partial charge in [-0.15, -0.1) is 0 Å². The molecule has 0 atom stereocenters. The fraction of sp³-hybridized carbons (Fsp3) is 1.00. The van der Waals surface area contributed by atoms with Crippen LogP contribution in [0.15, 0.2) is 0 Å². The van der Waals surface area contributed by atoms with Crippen molar-refractivity contribution in [3.63, 3.8) is 0 Å². The van der Waals surface area contributed by atoms with Crippen molar-refractivity contribution < 1.29 is 29.5 Å². The molecule has 0 heterocycles. The van der Waals surface area contributed by atoms with Crippen LogP contribution in [0.2, 0.25) is 0 Å². The van der Waals surface area contributed by atoms with Crippen molar-refractivity contribution >= 4 is 0 Å². The van der Waals surface area contributed by atoms with E-state index < -0.39 is 0 Å². The largest absolute Gasteiger partial charge is 0.394 e. The Morgan fingerprint density at radius 3 is 1.20 bits per heavy atom. The summed E-state index contributed by atoms with van der Waals surface area (Å²) in [5.74, 6) is 0. The Bertz CT molecular complexity index is 65.6. The number of rotatable bonds is 6. The molecule has 0 rings (SSSR count). The van der Waals surface area contributed by atoms with Gasteiger partial charge < -0.3 is 29.5 Å². The molecule has 96 valence electrons. The number of hydrogen-bond donors (Lipinski definition) is 3. The van der Waals surface area contributed by atoms with Crippen LogP contribution in [-0.4, -0.2) is 76.3 Å².